The normalized spacial score (nSPS) is 19.1. The quantitative estimate of drug-likeness (QED) is 0.632. The lowest BCUT2D eigenvalue weighted by Crippen LogP contribution is -2.31. The highest BCUT2D eigenvalue weighted by atomic mass is 16.4. The van der Waals surface area contributed by atoms with Gasteiger partial charge in [-0.15, -0.1) is 0 Å². The van der Waals surface area contributed by atoms with Crippen molar-refractivity contribution in [3.63, 3.8) is 0 Å². The molecule has 0 saturated heterocycles. The van der Waals surface area contributed by atoms with Gasteiger partial charge in [-0.1, -0.05) is 6.07 Å². The van der Waals surface area contributed by atoms with Crippen molar-refractivity contribution in [3.8, 4) is 0 Å². The number of fused-ring (bicyclic) bond motifs is 1. The minimum atomic E-state index is -0.898. The van der Waals surface area contributed by atoms with E-state index in [1.165, 1.54) is 0 Å². The van der Waals surface area contributed by atoms with Gasteiger partial charge in [0, 0.05) is 12.6 Å². The Bertz CT molecular complexity index is 376. The molecule has 0 saturated carbocycles. The average Bonchev–Trinajstić information content (AvgIpc) is 2.16. The number of aromatic carboxylic acids is 1. The second kappa shape index (κ2) is 3.21. The third kappa shape index (κ3) is 1.39. The molecule has 2 rings (SSSR count). The van der Waals surface area contributed by atoms with E-state index >= 15 is 0 Å². The van der Waals surface area contributed by atoms with Gasteiger partial charge in [0.05, 0.1) is 16.9 Å². The molecule has 1 heterocycles. The highest BCUT2D eigenvalue weighted by Gasteiger charge is 2.19. The van der Waals surface area contributed by atoms with E-state index in [0.717, 1.165) is 12.2 Å². The van der Waals surface area contributed by atoms with Gasteiger partial charge in [0.2, 0.25) is 0 Å². The number of benzene rings is 1. The van der Waals surface area contributed by atoms with Gasteiger partial charge in [-0.25, -0.2) is 4.79 Å². The number of carbonyl (C=O) groups is 1. The summed E-state index contributed by atoms with van der Waals surface area (Å²) in [5, 5.41) is 15.3. The summed E-state index contributed by atoms with van der Waals surface area (Å²) in [6.07, 6.45) is 0. The van der Waals surface area contributed by atoms with Crippen molar-refractivity contribution in [3.05, 3.63) is 23.8 Å². The first kappa shape index (κ1) is 8.87. The zero-order valence-corrected chi connectivity index (χ0v) is 7.87. The van der Waals surface area contributed by atoms with Crippen LogP contribution in [0.25, 0.3) is 0 Å². The lowest BCUT2D eigenvalue weighted by molar-refractivity contribution is 0.0698. The Balaban J connectivity index is 2.48. The highest BCUT2D eigenvalue weighted by molar-refractivity contribution is 5.98. The first-order valence-corrected chi connectivity index (χ1v) is 4.55. The lowest BCUT2D eigenvalue weighted by atomic mass is 10.1. The molecule has 4 nitrogen and oxygen atoms in total. The first-order valence-electron chi connectivity index (χ1n) is 4.55. The molecule has 3 N–H and O–H groups in total. The van der Waals surface area contributed by atoms with E-state index in [9.17, 15) is 4.79 Å². The van der Waals surface area contributed by atoms with Crippen LogP contribution in [0, 0.1) is 0 Å². The molecule has 0 aliphatic carbocycles. The Hall–Kier alpha value is -1.71. The van der Waals surface area contributed by atoms with Gasteiger partial charge in [0.1, 0.15) is 0 Å². The Morgan fingerprint density at radius 2 is 2.36 bits per heavy atom. The van der Waals surface area contributed by atoms with Crippen LogP contribution in [0.4, 0.5) is 11.4 Å². The second-order valence-corrected chi connectivity index (χ2v) is 3.46. The molecule has 1 aromatic carbocycles. The zero-order chi connectivity index (χ0) is 10.1. The topological polar surface area (TPSA) is 61.4 Å². The van der Waals surface area contributed by atoms with Crippen molar-refractivity contribution >= 4 is 17.3 Å². The molecule has 1 aliphatic heterocycles. The summed E-state index contributed by atoms with van der Waals surface area (Å²) < 4.78 is 0. The van der Waals surface area contributed by atoms with Crippen LogP contribution < -0.4 is 10.6 Å². The van der Waals surface area contributed by atoms with Crippen LogP contribution in [-0.2, 0) is 0 Å². The highest BCUT2D eigenvalue weighted by Crippen LogP contribution is 2.29. The minimum Gasteiger partial charge on any atom is -0.478 e. The molecule has 1 aromatic rings. The number of rotatable bonds is 1. The van der Waals surface area contributed by atoms with E-state index in [1.54, 1.807) is 12.1 Å². The summed E-state index contributed by atoms with van der Waals surface area (Å²) in [5.74, 6) is -0.898. The molecule has 0 fully saturated rings. The molecule has 4 heteroatoms. The number of nitrogens with one attached hydrogen (secondary N) is 2. The van der Waals surface area contributed by atoms with Gasteiger partial charge in [0.15, 0.2) is 0 Å². The van der Waals surface area contributed by atoms with Crippen LogP contribution >= 0.6 is 0 Å². The maximum atomic E-state index is 10.9. The van der Waals surface area contributed by atoms with E-state index in [-0.39, 0.29) is 6.04 Å². The lowest BCUT2D eigenvalue weighted by Gasteiger charge is -2.26. The number of anilines is 2. The van der Waals surface area contributed by atoms with Gasteiger partial charge in [-0.2, -0.15) is 0 Å². The minimum absolute atomic E-state index is 0.253. The maximum Gasteiger partial charge on any atom is 0.337 e. The summed E-state index contributed by atoms with van der Waals surface area (Å²) in [6, 6.07) is 5.48. The molecule has 0 spiro atoms. The monoisotopic (exact) mass is 192 g/mol. The Morgan fingerprint density at radius 3 is 3.07 bits per heavy atom. The van der Waals surface area contributed by atoms with Crippen molar-refractivity contribution in [1.82, 2.24) is 0 Å². The number of para-hydroxylation sites is 1. The van der Waals surface area contributed by atoms with Crippen molar-refractivity contribution in [1.29, 1.82) is 0 Å². The standard InChI is InChI=1S/C10H12N2O2/c1-6-5-11-8-4-2-3-7(10(13)14)9(8)12-6/h2-4,6,11-12H,5H2,1H3,(H,13,14)/t6-/m0/s1. The molecule has 74 valence electrons. The van der Waals surface area contributed by atoms with Crippen LogP contribution in [0.1, 0.15) is 17.3 Å². The van der Waals surface area contributed by atoms with Crippen LogP contribution in [-0.4, -0.2) is 23.7 Å². The number of hydrogen-bond acceptors (Lipinski definition) is 3. The largest absolute Gasteiger partial charge is 0.478 e. The molecule has 0 aromatic heterocycles. The molecule has 0 amide bonds. The molecule has 14 heavy (non-hydrogen) atoms. The Labute approximate surface area is 81.9 Å². The molecule has 0 bridgehead atoms. The van der Waals surface area contributed by atoms with E-state index < -0.39 is 5.97 Å². The van der Waals surface area contributed by atoms with E-state index in [0.29, 0.717) is 11.3 Å². The maximum absolute atomic E-state index is 10.9. The van der Waals surface area contributed by atoms with Gasteiger partial charge in [0.25, 0.3) is 0 Å². The van der Waals surface area contributed by atoms with E-state index in [4.69, 9.17) is 5.11 Å². The van der Waals surface area contributed by atoms with Crippen molar-refractivity contribution < 1.29 is 9.90 Å². The van der Waals surface area contributed by atoms with Gasteiger partial charge < -0.3 is 15.7 Å². The molecule has 1 atom stereocenters. The van der Waals surface area contributed by atoms with Gasteiger partial charge >= 0.3 is 5.97 Å². The fourth-order valence-electron chi connectivity index (χ4n) is 1.59. The Morgan fingerprint density at radius 1 is 1.57 bits per heavy atom. The van der Waals surface area contributed by atoms with Gasteiger partial charge in [-0.05, 0) is 19.1 Å². The van der Waals surface area contributed by atoms with E-state index in [2.05, 4.69) is 10.6 Å². The number of carboxylic acid groups (broad SMARTS) is 1. The first-order chi connectivity index (χ1) is 6.68. The predicted molar refractivity (Wildman–Crippen MR) is 55.0 cm³/mol. The average molecular weight is 192 g/mol. The fraction of sp³-hybridized carbons (Fsp3) is 0.300. The second-order valence-electron chi connectivity index (χ2n) is 3.46. The predicted octanol–water partition coefficient (Wildman–Crippen LogP) is 1.61. The third-order valence-electron chi connectivity index (χ3n) is 2.28. The molecule has 0 unspecified atom stereocenters. The summed E-state index contributed by atoms with van der Waals surface area (Å²) in [6.45, 7) is 2.82. The number of hydrogen-bond donors (Lipinski definition) is 3. The molecular weight excluding hydrogens is 180 g/mol. The molecule has 0 radical (unpaired) electrons. The van der Waals surface area contributed by atoms with E-state index in [1.807, 2.05) is 13.0 Å². The number of carboxylic acids is 1. The SMILES string of the molecule is C[C@H]1CNc2cccc(C(=O)O)c2N1. The fourth-order valence-corrected chi connectivity index (χ4v) is 1.59. The van der Waals surface area contributed by atoms with Gasteiger partial charge in [-0.3, -0.25) is 0 Å². The summed E-state index contributed by atoms with van der Waals surface area (Å²) in [5.41, 5.74) is 1.88. The zero-order valence-electron chi connectivity index (χ0n) is 7.87. The van der Waals surface area contributed by atoms with Crippen LogP contribution in [0.15, 0.2) is 18.2 Å². The Kier molecular flexibility index (Phi) is 2.04. The third-order valence-corrected chi connectivity index (χ3v) is 2.28. The van der Waals surface area contributed by atoms with Crippen LogP contribution in [0.2, 0.25) is 0 Å². The summed E-state index contributed by atoms with van der Waals surface area (Å²) in [4.78, 5) is 10.9. The van der Waals surface area contributed by atoms with Crippen LogP contribution in [0.5, 0.6) is 0 Å². The summed E-state index contributed by atoms with van der Waals surface area (Å²) in [7, 11) is 0. The van der Waals surface area contributed by atoms with Crippen molar-refractivity contribution in [2.75, 3.05) is 17.2 Å². The smallest absolute Gasteiger partial charge is 0.337 e. The molecule has 1 aliphatic rings. The van der Waals surface area contributed by atoms with Crippen molar-refractivity contribution in [2.45, 2.75) is 13.0 Å². The molecular formula is C10H12N2O2. The van der Waals surface area contributed by atoms with Crippen LogP contribution in [0.3, 0.4) is 0 Å². The van der Waals surface area contributed by atoms with Crippen molar-refractivity contribution in [2.24, 2.45) is 0 Å². The summed E-state index contributed by atoms with van der Waals surface area (Å²) >= 11 is 0.